The molecule has 0 amide bonds. The van der Waals surface area contributed by atoms with Gasteiger partial charge in [-0.3, -0.25) is 0 Å². The molecule has 0 spiro atoms. The topological polar surface area (TPSA) is 25.2 Å². The van der Waals surface area contributed by atoms with Crippen molar-refractivity contribution in [1.29, 1.82) is 0 Å². The summed E-state index contributed by atoms with van der Waals surface area (Å²) in [6.07, 6.45) is 0.563. The fourth-order valence-corrected chi connectivity index (χ4v) is 2.31. The second kappa shape index (κ2) is 5.87. The van der Waals surface area contributed by atoms with E-state index in [0.717, 1.165) is 11.3 Å². The Balaban J connectivity index is 2.23. The first-order valence-electron chi connectivity index (χ1n) is 5.47. The molecule has 18 heavy (non-hydrogen) atoms. The van der Waals surface area contributed by atoms with Crippen LogP contribution in [0.25, 0.3) is 0 Å². The number of benzene rings is 1. The molecule has 96 valence electrons. The predicted octanol–water partition coefficient (Wildman–Crippen LogP) is 4.34. The maximum Gasteiger partial charge on any atom is 0.169 e. The van der Waals surface area contributed by atoms with Gasteiger partial charge >= 0.3 is 0 Å². The van der Waals surface area contributed by atoms with Gasteiger partial charge in [0.2, 0.25) is 0 Å². The fourth-order valence-electron chi connectivity index (χ4n) is 1.79. The highest BCUT2D eigenvalue weighted by atomic mass is 79.9. The molecule has 0 radical (unpaired) electrons. The minimum absolute atomic E-state index is 0.0457. The molecule has 0 bridgehead atoms. The van der Waals surface area contributed by atoms with Crippen LogP contribution in [0.15, 0.2) is 39.4 Å². The van der Waals surface area contributed by atoms with Gasteiger partial charge in [-0.05, 0) is 53.2 Å². The van der Waals surface area contributed by atoms with E-state index in [9.17, 15) is 4.39 Å². The van der Waals surface area contributed by atoms with Gasteiger partial charge in [-0.15, -0.1) is 0 Å². The number of hydrogen-bond donors (Lipinski definition) is 1. The molecule has 1 N–H and O–H groups in total. The lowest BCUT2D eigenvalue weighted by molar-refractivity contribution is 0.416. The first-order chi connectivity index (χ1) is 8.61. The molecule has 0 aliphatic rings. The van der Waals surface area contributed by atoms with E-state index in [4.69, 9.17) is 16.0 Å². The zero-order valence-corrected chi connectivity index (χ0v) is 12.1. The third-order valence-electron chi connectivity index (χ3n) is 2.74. The van der Waals surface area contributed by atoms with E-state index >= 15 is 0 Å². The number of likely N-dealkylation sites (N-methyl/N-ethyl adjacent to an activating group) is 1. The highest BCUT2D eigenvalue weighted by Gasteiger charge is 2.16. The molecule has 1 aromatic carbocycles. The summed E-state index contributed by atoms with van der Waals surface area (Å²) >= 11 is 9.20. The van der Waals surface area contributed by atoms with Crippen molar-refractivity contribution in [3.8, 4) is 0 Å². The molecular formula is C13H12BrClFNO. The summed E-state index contributed by atoms with van der Waals surface area (Å²) in [5.74, 6) is 0.384. The second-order valence-corrected chi connectivity index (χ2v) is 5.06. The van der Waals surface area contributed by atoms with Crippen molar-refractivity contribution in [3.05, 3.63) is 57.2 Å². The van der Waals surface area contributed by atoms with Gasteiger partial charge in [0, 0.05) is 0 Å². The third-order valence-corrected chi connectivity index (χ3v) is 3.59. The van der Waals surface area contributed by atoms with Crippen molar-refractivity contribution in [2.24, 2.45) is 0 Å². The highest BCUT2D eigenvalue weighted by Crippen LogP contribution is 2.27. The van der Waals surface area contributed by atoms with Gasteiger partial charge in [-0.25, -0.2) is 4.39 Å². The van der Waals surface area contributed by atoms with Gasteiger partial charge in [0.15, 0.2) is 4.67 Å². The first-order valence-corrected chi connectivity index (χ1v) is 6.64. The van der Waals surface area contributed by atoms with Gasteiger partial charge < -0.3 is 9.73 Å². The third kappa shape index (κ3) is 2.94. The van der Waals surface area contributed by atoms with E-state index in [1.54, 1.807) is 6.07 Å². The monoisotopic (exact) mass is 331 g/mol. The zero-order valence-electron chi connectivity index (χ0n) is 9.71. The molecule has 1 atom stereocenters. The normalized spacial score (nSPS) is 12.7. The molecule has 1 unspecified atom stereocenters. The largest absolute Gasteiger partial charge is 0.453 e. The minimum atomic E-state index is -0.398. The SMILES string of the molecule is CNC(Cc1cccc(F)c1Cl)c1ccc(Br)o1. The maximum atomic E-state index is 13.4. The molecule has 2 aromatic rings. The summed E-state index contributed by atoms with van der Waals surface area (Å²) < 4.78 is 19.5. The Bertz CT molecular complexity index is 544. The molecule has 0 aliphatic heterocycles. The molecule has 0 saturated heterocycles. The molecular weight excluding hydrogens is 321 g/mol. The lowest BCUT2D eigenvalue weighted by Crippen LogP contribution is -2.18. The zero-order chi connectivity index (χ0) is 13.1. The van der Waals surface area contributed by atoms with Crippen LogP contribution in [-0.4, -0.2) is 7.05 Å². The van der Waals surface area contributed by atoms with Gasteiger partial charge in [-0.1, -0.05) is 23.7 Å². The Labute approximate surface area is 118 Å². The summed E-state index contributed by atoms with van der Waals surface area (Å²) in [6.45, 7) is 0. The van der Waals surface area contributed by atoms with Crippen LogP contribution in [0.4, 0.5) is 4.39 Å². The van der Waals surface area contributed by atoms with E-state index in [1.807, 2.05) is 25.2 Å². The Morgan fingerprint density at radius 3 is 2.78 bits per heavy atom. The van der Waals surface area contributed by atoms with Crippen LogP contribution in [-0.2, 0) is 6.42 Å². The average molecular weight is 333 g/mol. The van der Waals surface area contributed by atoms with Crippen LogP contribution in [0.5, 0.6) is 0 Å². The summed E-state index contributed by atoms with van der Waals surface area (Å²) in [5.41, 5.74) is 0.753. The molecule has 1 aromatic heterocycles. The van der Waals surface area contributed by atoms with Crippen LogP contribution in [0.3, 0.4) is 0 Å². The number of nitrogens with one attached hydrogen (secondary N) is 1. The van der Waals surface area contributed by atoms with Crippen LogP contribution < -0.4 is 5.32 Å². The van der Waals surface area contributed by atoms with E-state index < -0.39 is 5.82 Å². The van der Waals surface area contributed by atoms with E-state index in [-0.39, 0.29) is 11.1 Å². The predicted molar refractivity (Wildman–Crippen MR) is 73.3 cm³/mol. The standard InChI is InChI=1S/C13H12BrClFNO/c1-17-10(11-5-6-12(14)18-11)7-8-3-2-4-9(16)13(8)15/h2-6,10,17H,7H2,1H3. The summed E-state index contributed by atoms with van der Waals surface area (Å²) in [7, 11) is 1.83. The van der Waals surface area contributed by atoms with Gasteiger partial charge in [0.1, 0.15) is 11.6 Å². The van der Waals surface area contributed by atoms with Crippen LogP contribution in [0, 0.1) is 5.82 Å². The van der Waals surface area contributed by atoms with Crippen molar-refractivity contribution in [2.75, 3.05) is 7.05 Å². The Kier molecular flexibility index (Phi) is 4.43. The lowest BCUT2D eigenvalue weighted by Gasteiger charge is -2.14. The molecule has 2 rings (SSSR count). The Morgan fingerprint density at radius 2 is 2.17 bits per heavy atom. The molecule has 5 heteroatoms. The van der Waals surface area contributed by atoms with Gasteiger partial charge in [0.05, 0.1) is 11.1 Å². The molecule has 0 saturated carbocycles. The number of furan rings is 1. The van der Waals surface area contributed by atoms with Crippen molar-refractivity contribution >= 4 is 27.5 Å². The van der Waals surface area contributed by atoms with Gasteiger partial charge in [-0.2, -0.15) is 0 Å². The van der Waals surface area contributed by atoms with Crippen molar-refractivity contribution in [3.63, 3.8) is 0 Å². The van der Waals surface area contributed by atoms with E-state index in [0.29, 0.717) is 11.1 Å². The summed E-state index contributed by atoms with van der Waals surface area (Å²) in [5, 5.41) is 3.30. The Hall–Kier alpha value is -0.840. The summed E-state index contributed by atoms with van der Waals surface area (Å²) in [4.78, 5) is 0. The smallest absolute Gasteiger partial charge is 0.169 e. The van der Waals surface area contributed by atoms with E-state index in [2.05, 4.69) is 21.2 Å². The minimum Gasteiger partial charge on any atom is -0.453 e. The van der Waals surface area contributed by atoms with Crippen LogP contribution >= 0.6 is 27.5 Å². The Morgan fingerprint density at radius 1 is 1.39 bits per heavy atom. The number of halogens is 3. The van der Waals surface area contributed by atoms with Crippen molar-refractivity contribution in [1.82, 2.24) is 5.32 Å². The molecule has 0 aliphatic carbocycles. The van der Waals surface area contributed by atoms with Crippen LogP contribution in [0.2, 0.25) is 5.02 Å². The summed E-state index contributed by atoms with van der Waals surface area (Å²) in [6, 6.07) is 8.47. The highest BCUT2D eigenvalue weighted by molar-refractivity contribution is 9.10. The van der Waals surface area contributed by atoms with E-state index in [1.165, 1.54) is 6.07 Å². The average Bonchev–Trinajstić information content (AvgIpc) is 2.78. The number of hydrogen-bond acceptors (Lipinski definition) is 2. The molecule has 0 fully saturated rings. The lowest BCUT2D eigenvalue weighted by atomic mass is 10.0. The molecule has 1 heterocycles. The quantitative estimate of drug-likeness (QED) is 0.901. The second-order valence-electron chi connectivity index (χ2n) is 3.90. The fraction of sp³-hybridized carbons (Fsp3) is 0.231. The van der Waals surface area contributed by atoms with Crippen LogP contribution in [0.1, 0.15) is 17.4 Å². The molecule has 2 nitrogen and oxygen atoms in total. The number of rotatable bonds is 4. The van der Waals surface area contributed by atoms with Gasteiger partial charge in [0.25, 0.3) is 0 Å². The maximum absolute atomic E-state index is 13.4. The van der Waals surface area contributed by atoms with Crippen molar-refractivity contribution < 1.29 is 8.81 Å². The first kappa shape index (κ1) is 13.6. The van der Waals surface area contributed by atoms with Crippen molar-refractivity contribution in [2.45, 2.75) is 12.5 Å².